The largest absolute Gasteiger partial charge is 0.385 e. The second kappa shape index (κ2) is 7.92. The Morgan fingerprint density at radius 1 is 1.04 bits per heavy atom. The molecule has 0 radical (unpaired) electrons. The van der Waals surface area contributed by atoms with E-state index in [1.54, 1.807) is 12.1 Å². The van der Waals surface area contributed by atoms with Gasteiger partial charge in [0.15, 0.2) is 5.78 Å². The van der Waals surface area contributed by atoms with Crippen LogP contribution in [0.1, 0.15) is 29.3 Å². The van der Waals surface area contributed by atoms with Crippen LogP contribution in [-0.2, 0) is 4.79 Å². The molecule has 0 atom stereocenters. The molecule has 23 heavy (non-hydrogen) atoms. The number of carbonyl (C=O) groups is 2. The SMILES string of the molecule is CC(=O)c1ccc(NCCC(=O)Nc2ccc(Br)c(C)c2)cc1. The van der Waals surface area contributed by atoms with Crippen LogP contribution in [0, 0.1) is 6.92 Å². The van der Waals surface area contributed by atoms with E-state index in [1.807, 2.05) is 37.3 Å². The monoisotopic (exact) mass is 374 g/mol. The number of nitrogens with one attached hydrogen (secondary N) is 2. The summed E-state index contributed by atoms with van der Waals surface area (Å²) in [5.74, 6) is 0.000276. The number of amides is 1. The van der Waals surface area contributed by atoms with Crippen LogP contribution >= 0.6 is 15.9 Å². The van der Waals surface area contributed by atoms with Gasteiger partial charge in [0, 0.05) is 34.4 Å². The summed E-state index contributed by atoms with van der Waals surface area (Å²) in [6.07, 6.45) is 0.365. The van der Waals surface area contributed by atoms with Gasteiger partial charge in [-0.3, -0.25) is 9.59 Å². The Labute approximate surface area is 144 Å². The molecule has 0 spiro atoms. The Balaban J connectivity index is 1.80. The standard InChI is InChI=1S/C18H19BrN2O2/c1-12-11-16(7-8-17(12)19)21-18(23)9-10-20-15-5-3-14(4-6-15)13(2)22/h3-8,11,20H,9-10H2,1-2H3,(H,21,23). The Kier molecular flexibility index (Phi) is 5.93. The van der Waals surface area contributed by atoms with Gasteiger partial charge >= 0.3 is 0 Å². The smallest absolute Gasteiger partial charge is 0.226 e. The van der Waals surface area contributed by atoms with Crippen molar-refractivity contribution in [3.63, 3.8) is 0 Å². The van der Waals surface area contributed by atoms with E-state index in [-0.39, 0.29) is 11.7 Å². The van der Waals surface area contributed by atoms with E-state index in [2.05, 4.69) is 26.6 Å². The minimum absolute atomic E-state index is 0.0421. The number of hydrogen-bond donors (Lipinski definition) is 2. The molecule has 0 aliphatic carbocycles. The predicted molar refractivity (Wildman–Crippen MR) is 97.1 cm³/mol. The van der Waals surface area contributed by atoms with Crippen molar-refractivity contribution in [1.29, 1.82) is 0 Å². The van der Waals surface area contributed by atoms with E-state index in [0.717, 1.165) is 21.4 Å². The van der Waals surface area contributed by atoms with Crippen LogP contribution in [0.15, 0.2) is 46.9 Å². The summed E-state index contributed by atoms with van der Waals surface area (Å²) in [4.78, 5) is 23.1. The lowest BCUT2D eigenvalue weighted by molar-refractivity contribution is -0.115. The quantitative estimate of drug-likeness (QED) is 0.736. The molecule has 2 N–H and O–H groups in total. The average molecular weight is 375 g/mol. The van der Waals surface area contributed by atoms with Crippen LogP contribution in [0.2, 0.25) is 0 Å². The summed E-state index contributed by atoms with van der Waals surface area (Å²) in [6.45, 7) is 4.05. The fraction of sp³-hybridized carbons (Fsp3) is 0.222. The zero-order chi connectivity index (χ0) is 16.8. The highest BCUT2D eigenvalue weighted by Gasteiger charge is 2.04. The Bertz CT molecular complexity index is 711. The zero-order valence-corrected chi connectivity index (χ0v) is 14.7. The highest BCUT2D eigenvalue weighted by atomic mass is 79.9. The molecule has 0 aliphatic rings. The highest BCUT2D eigenvalue weighted by molar-refractivity contribution is 9.10. The van der Waals surface area contributed by atoms with Crippen molar-refractivity contribution in [3.05, 3.63) is 58.1 Å². The van der Waals surface area contributed by atoms with E-state index in [0.29, 0.717) is 18.5 Å². The van der Waals surface area contributed by atoms with Crippen LogP contribution in [0.4, 0.5) is 11.4 Å². The lowest BCUT2D eigenvalue weighted by Gasteiger charge is -2.09. The third-order valence-corrected chi connectivity index (χ3v) is 4.30. The van der Waals surface area contributed by atoms with Gasteiger partial charge in [0.25, 0.3) is 0 Å². The first-order valence-electron chi connectivity index (χ1n) is 7.36. The van der Waals surface area contributed by atoms with Crippen molar-refractivity contribution in [2.24, 2.45) is 0 Å². The summed E-state index contributed by atoms with van der Waals surface area (Å²) < 4.78 is 1.02. The molecular weight excluding hydrogens is 356 g/mol. The van der Waals surface area contributed by atoms with E-state index < -0.39 is 0 Å². The summed E-state index contributed by atoms with van der Waals surface area (Å²) in [5.41, 5.74) is 3.44. The number of halogens is 1. The number of ketones is 1. The Morgan fingerprint density at radius 2 is 1.70 bits per heavy atom. The number of carbonyl (C=O) groups excluding carboxylic acids is 2. The predicted octanol–water partition coefficient (Wildman–Crippen LogP) is 4.40. The molecule has 1 amide bonds. The third-order valence-electron chi connectivity index (χ3n) is 3.41. The lowest BCUT2D eigenvalue weighted by Crippen LogP contribution is -2.16. The Morgan fingerprint density at radius 3 is 2.30 bits per heavy atom. The van der Waals surface area contributed by atoms with Gasteiger partial charge in [0.2, 0.25) is 5.91 Å². The summed E-state index contributed by atoms with van der Waals surface area (Å²) in [6, 6.07) is 12.9. The third kappa shape index (κ3) is 5.21. The molecule has 0 heterocycles. The minimum Gasteiger partial charge on any atom is -0.385 e. The maximum absolute atomic E-state index is 11.9. The summed E-state index contributed by atoms with van der Waals surface area (Å²) in [7, 11) is 0. The highest BCUT2D eigenvalue weighted by Crippen LogP contribution is 2.20. The lowest BCUT2D eigenvalue weighted by atomic mass is 10.1. The summed E-state index contributed by atoms with van der Waals surface area (Å²) >= 11 is 3.43. The van der Waals surface area contributed by atoms with Crippen LogP contribution in [0.5, 0.6) is 0 Å². The van der Waals surface area contributed by atoms with Crippen molar-refractivity contribution in [2.75, 3.05) is 17.2 Å². The Hall–Kier alpha value is -2.14. The van der Waals surface area contributed by atoms with Crippen molar-refractivity contribution >= 4 is 39.0 Å². The minimum atomic E-state index is -0.0421. The number of anilines is 2. The van der Waals surface area contributed by atoms with Crippen molar-refractivity contribution in [2.45, 2.75) is 20.3 Å². The van der Waals surface area contributed by atoms with Gasteiger partial charge < -0.3 is 10.6 Å². The van der Waals surface area contributed by atoms with Crippen LogP contribution in [-0.4, -0.2) is 18.2 Å². The topological polar surface area (TPSA) is 58.2 Å². The molecule has 4 nitrogen and oxygen atoms in total. The number of Topliss-reactive ketones (excluding diaryl/α,β-unsaturated/α-hetero) is 1. The first-order chi connectivity index (χ1) is 11.0. The van der Waals surface area contributed by atoms with E-state index in [1.165, 1.54) is 6.92 Å². The molecule has 0 saturated carbocycles. The van der Waals surface area contributed by atoms with Gasteiger partial charge in [-0.25, -0.2) is 0 Å². The molecule has 120 valence electrons. The van der Waals surface area contributed by atoms with E-state index in [4.69, 9.17) is 0 Å². The number of aryl methyl sites for hydroxylation is 1. The maximum Gasteiger partial charge on any atom is 0.226 e. The van der Waals surface area contributed by atoms with E-state index in [9.17, 15) is 9.59 Å². The average Bonchev–Trinajstić information content (AvgIpc) is 2.51. The van der Waals surface area contributed by atoms with Gasteiger partial charge in [-0.1, -0.05) is 15.9 Å². The first-order valence-corrected chi connectivity index (χ1v) is 8.16. The molecule has 2 aromatic rings. The second-order valence-corrected chi connectivity index (χ2v) is 6.18. The molecule has 2 rings (SSSR count). The number of benzene rings is 2. The molecule has 0 aliphatic heterocycles. The normalized spacial score (nSPS) is 10.2. The van der Waals surface area contributed by atoms with Crippen molar-refractivity contribution in [3.8, 4) is 0 Å². The van der Waals surface area contributed by atoms with Crippen LogP contribution in [0.3, 0.4) is 0 Å². The van der Waals surface area contributed by atoms with Crippen molar-refractivity contribution < 1.29 is 9.59 Å². The van der Waals surface area contributed by atoms with E-state index >= 15 is 0 Å². The van der Waals surface area contributed by atoms with Gasteiger partial charge in [-0.2, -0.15) is 0 Å². The van der Waals surface area contributed by atoms with Crippen molar-refractivity contribution in [1.82, 2.24) is 0 Å². The fourth-order valence-electron chi connectivity index (χ4n) is 2.09. The molecule has 2 aromatic carbocycles. The van der Waals surface area contributed by atoms with Gasteiger partial charge in [-0.15, -0.1) is 0 Å². The number of hydrogen-bond acceptors (Lipinski definition) is 3. The first kappa shape index (κ1) is 17.2. The maximum atomic E-state index is 11.9. The summed E-state index contributed by atoms with van der Waals surface area (Å²) in [5, 5.41) is 6.04. The van der Waals surface area contributed by atoms with Gasteiger partial charge in [-0.05, 0) is 61.9 Å². The molecule has 5 heteroatoms. The molecule has 0 aromatic heterocycles. The van der Waals surface area contributed by atoms with Crippen LogP contribution in [0.25, 0.3) is 0 Å². The fourth-order valence-corrected chi connectivity index (χ4v) is 2.34. The second-order valence-electron chi connectivity index (χ2n) is 5.32. The molecule has 0 unspecified atom stereocenters. The molecular formula is C18H19BrN2O2. The van der Waals surface area contributed by atoms with Gasteiger partial charge in [0.1, 0.15) is 0 Å². The number of rotatable bonds is 6. The molecule has 0 saturated heterocycles. The van der Waals surface area contributed by atoms with Crippen LogP contribution < -0.4 is 10.6 Å². The van der Waals surface area contributed by atoms with Gasteiger partial charge in [0.05, 0.1) is 0 Å². The zero-order valence-electron chi connectivity index (χ0n) is 13.2. The molecule has 0 bridgehead atoms. The molecule has 0 fully saturated rings.